The first kappa shape index (κ1) is 16.9. The van der Waals surface area contributed by atoms with E-state index in [9.17, 15) is 13.2 Å². The van der Waals surface area contributed by atoms with Gasteiger partial charge in [-0.3, -0.25) is 9.10 Å². The highest BCUT2D eigenvalue weighted by molar-refractivity contribution is 7.92. The van der Waals surface area contributed by atoms with Gasteiger partial charge >= 0.3 is 0 Å². The fourth-order valence-corrected chi connectivity index (χ4v) is 4.99. The van der Waals surface area contributed by atoms with Crippen molar-refractivity contribution in [2.24, 2.45) is 0 Å². The molecular weight excluding hydrogens is 352 g/mol. The summed E-state index contributed by atoms with van der Waals surface area (Å²) < 4.78 is 33.8. The minimum Gasteiger partial charge on any atom is -0.487 e. The lowest BCUT2D eigenvalue weighted by Crippen LogP contribution is -2.42. The number of nitrogens with zero attached hydrogens (tertiary/aromatic N) is 1. The summed E-state index contributed by atoms with van der Waals surface area (Å²) in [6, 6.07) is 10.3. The summed E-state index contributed by atoms with van der Waals surface area (Å²) in [5.41, 5.74) is 2.83. The van der Waals surface area contributed by atoms with Crippen molar-refractivity contribution in [1.82, 2.24) is 5.32 Å². The molecule has 0 spiro atoms. The number of anilines is 1. The molecule has 2 aromatic carbocycles. The van der Waals surface area contributed by atoms with E-state index in [0.29, 0.717) is 30.0 Å². The highest BCUT2D eigenvalue weighted by Crippen LogP contribution is 2.37. The summed E-state index contributed by atoms with van der Waals surface area (Å²) in [7, 11) is -3.80. The number of rotatable bonds is 2. The van der Waals surface area contributed by atoms with E-state index in [1.807, 2.05) is 26.0 Å². The van der Waals surface area contributed by atoms with Gasteiger partial charge in [0.1, 0.15) is 11.9 Å². The Hall–Kier alpha value is -2.54. The van der Waals surface area contributed by atoms with E-state index < -0.39 is 10.0 Å². The van der Waals surface area contributed by atoms with Crippen LogP contribution in [0.4, 0.5) is 5.69 Å². The third kappa shape index (κ3) is 2.72. The number of ether oxygens (including phenoxy) is 1. The molecule has 2 aliphatic rings. The van der Waals surface area contributed by atoms with Crippen molar-refractivity contribution in [2.75, 3.05) is 17.4 Å². The van der Waals surface area contributed by atoms with E-state index >= 15 is 0 Å². The summed E-state index contributed by atoms with van der Waals surface area (Å²) in [4.78, 5) is 12.2. The van der Waals surface area contributed by atoms with E-state index in [1.165, 1.54) is 10.4 Å². The van der Waals surface area contributed by atoms with Gasteiger partial charge in [0.05, 0.1) is 17.1 Å². The molecule has 4 rings (SSSR count). The van der Waals surface area contributed by atoms with Crippen LogP contribution in [-0.4, -0.2) is 33.5 Å². The van der Waals surface area contributed by atoms with Crippen LogP contribution in [-0.2, 0) is 16.4 Å². The maximum atomic E-state index is 13.3. The monoisotopic (exact) mass is 372 g/mol. The van der Waals surface area contributed by atoms with E-state index in [0.717, 1.165) is 11.1 Å². The molecule has 0 bridgehead atoms. The van der Waals surface area contributed by atoms with Crippen molar-refractivity contribution in [2.45, 2.75) is 31.3 Å². The van der Waals surface area contributed by atoms with Crippen LogP contribution >= 0.6 is 0 Å². The molecule has 2 heterocycles. The van der Waals surface area contributed by atoms with Crippen LogP contribution in [0.25, 0.3) is 0 Å². The number of hydrogen-bond donors (Lipinski definition) is 1. The molecule has 2 aliphatic heterocycles. The molecule has 0 saturated carbocycles. The molecule has 0 aromatic heterocycles. The highest BCUT2D eigenvalue weighted by atomic mass is 32.2. The molecule has 1 atom stereocenters. The van der Waals surface area contributed by atoms with Gasteiger partial charge in [0.15, 0.2) is 0 Å². The predicted molar refractivity (Wildman–Crippen MR) is 98.3 cm³/mol. The standard InChI is InChI=1S/C19H20N2O4S/c1-12-3-6-17-18(9-12)25-13(2)11-21(17)26(23,24)15-5-4-14-7-8-20-19(22)16(14)10-15/h3-6,9-10,13H,7-8,11H2,1-2H3,(H,20,22)/t13-/m0/s1. The molecule has 7 heteroatoms. The van der Waals surface area contributed by atoms with Crippen LogP contribution in [0, 0.1) is 6.92 Å². The van der Waals surface area contributed by atoms with Crippen LogP contribution in [0.15, 0.2) is 41.3 Å². The Balaban J connectivity index is 1.81. The molecule has 26 heavy (non-hydrogen) atoms. The number of aryl methyl sites for hydroxylation is 1. The van der Waals surface area contributed by atoms with Crippen molar-refractivity contribution in [3.63, 3.8) is 0 Å². The van der Waals surface area contributed by atoms with Gasteiger partial charge in [-0.1, -0.05) is 12.1 Å². The lowest BCUT2D eigenvalue weighted by molar-refractivity contribution is 0.0945. The number of nitrogens with one attached hydrogen (secondary N) is 1. The molecule has 6 nitrogen and oxygen atoms in total. The molecule has 1 N–H and O–H groups in total. The Morgan fingerprint density at radius 2 is 2.00 bits per heavy atom. The molecule has 0 unspecified atom stereocenters. The molecule has 0 saturated heterocycles. The molecule has 2 aromatic rings. The summed E-state index contributed by atoms with van der Waals surface area (Å²) in [5, 5.41) is 2.76. The number of benzene rings is 2. The Labute approximate surface area is 152 Å². The summed E-state index contributed by atoms with van der Waals surface area (Å²) in [5.74, 6) is 0.331. The van der Waals surface area contributed by atoms with E-state index in [-0.39, 0.29) is 23.5 Å². The first-order valence-corrected chi connectivity index (χ1v) is 10.0. The summed E-state index contributed by atoms with van der Waals surface area (Å²) in [6.07, 6.45) is 0.443. The minimum atomic E-state index is -3.80. The SMILES string of the molecule is Cc1ccc2c(c1)O[C@@H](C)CN2S(=O)(=O)c1ccc2c(c1)C(=O)NCC2. The number of hydrogen-bond acceptors (Lipinski definition) is 4. The van der Waals surface area contributed by atoms with E-state index in [2.05, 4.69) is 5.32 Å². The van der Waals surface area contributed by atoms with Crippen LogP contribution < -0.4 is 14.4 Å². The average molecular weight is 372 g/mol. The highest BCUT2D eigenvalue weighted by Gasteiger charge is 2.33. The van der Waals surface area contributed by atoms with Crippen molar-refractivity contribution < 1.29 is 17.9 Å². The second kappa shape index (κ2) is 6.02. The number of sulfonamides is 1. The van der Waals surface area contributed by atoms with Gasteiger partial charge in [-0.2, -0.15) is 0 Å². The van der Waals surface area contributed by atoms with Crippen LogP contribution in [0.2, 0.25) is 0 Å². The quantitative estimate of drug-likeness (QED) is 0.877. The fourth-order valence-electron chi connectivity index (χ4n) is 3.41. The Morgan fingerprint density at radius 1 is 1.19 bits per heavy atom. The number of fused-ring (bicyclic) bond motifs is 2. The lowest BCUT2D eigenvalue weighted by atomic mass is 10.0. The predicted octanol–water partition coefficient (Wildman–Crippen LogP) is 2.26. The normalized spacial score (nSPS) is 19.2. The van der Waals surface area contributed by atoms with Gasteiger partial charge in [-0.25, -0.2) is 8.42 Å². The first-order chi connectivity index (χ1) is 12.4. The smallest absolute Gasteiger partial charge is 0.264 e. The Kier molecular flexibility index (Phi) is 3.91. The Morgan fingerprint density at radius 3 is 2.81 bits per heavy atom. The van der Waals surface area contributed by atoms with Gasteiger partial charge in [0, 0.05) is 12.1 Å². The average Bonchev–Trinajstić information content (AvgIpc) is 2.60. The van der Waals surface area contributed by atoms with Crippen LogP contribution in [0.5, 0.6) is 5.75 Å². The molecule has 0 aliphatic carbocycles. The number of amides is 1. The van der Waals surface area contributed by atoms with Crippen LogP contribution in [0.1, 0.15) is 28.4 Å². The van der Waals surface area contributed by atoms with E-state index in [1.54, 1.807) is 18.2 Å². The zero-order valence-corrected chi connectivity index (χ0v) is 15.5. The second-order valence-electron chi connectivity index (χ2n) is 6.76. The number of carbonyl (C=O) groups is 1. The lowest BCUT2D eigenvalue weighted by Gasteiger charge is -2.34. The first-order valence-electron chi connectivity index (χ1n) is 8.57. The van der Waals surface area contributed by atoms with Crippen molar-refractivity contribution in [3.8, 4) is 5.75 Å². The van der Waals surface area contributed by atoms with Crippen molar-refractivity contribution >= 4 is 21.6 Å². The maximum Gasteiger partial charge on any atom is 0.264 e. The molecule has 0 radical (unpaired) electrons. The minimum absolute atomic E-state index is 0.119. The summed E-state index contributed by atoms with van der Waals surface area (Å²) >= 11 is 0. The topological polar surface area (TPSA) is 75.7 Å². The van der Waals surface area contributed by atoms with Gasteiger partial charge in [0.2, 0.25) is 0 Å². The zero-order chi connectivity index (χ0) is 18.5. The number of carbonyl (C=O) groups excluding carboxylic acids is 1. The zero-order valence-electron chi connectivity index (χ0n) is 14.7. The molecular formula is C19H20N2O4S. The van der Waals surface area contributed by atoms with Crippen molar-refractivity contribution in [1.29, 1.82) is 0 Å². The molecule has 136 valence electrons. The van der Waals surface area contributed by atoms with Crippen LogP contribution in [0.3, 0.4) is 0 Å². The van der Waals surface area contributed by atoms with E-state index in [4.69, 9.17) is 4.74 Å². The van der Waals surface area contributed by atoms with Gasteiger partial charge in [-0.05, 0) is 55.7 Å². The second-order valence-corrected chi connectivity index (χ2v) is 8.62. The fraction of sp³-hybridized carbons (Fsp3) is 0.316. The van der Waals surface area contributed by atoms with Gasteiger partial charge in [0.25, 0.3) is 15.9 Å². The Bertz CT molecular complexity index is 1000. The largest absolute Gasteiger partial charge is 0.487 e. The molecule has 1 amide bonds. The van der Waals surface area contributed by atoms with Gasteiger partial charge < -0.3 is 10.1 Å². The third-order valence-electron chi connectivity index (χ3n) is 4.73. The van der Waals surface area contributed by atoms with Gasteiger partial charge in [-0.15, -0.1) is 0 Å². The van der Waals surface area contributed by atoms with Crippen molar-refractivity contribution in [3.05, 3.63) is 53.1 Å². The maximum absolute atomic E-state index is 13.3. The summed E-state index contributed by atoms with van der Waals surface area (Å²) in [6.45, 7) is 4.57. The molecule has 0 fully saturated rings. The third-order valence-corrected chi connectivity index (χ3v) is 6.50.